The number of aryl methyl sites for hydroxylation is 4. The van der Waals surface area contributed by atoms with Crippen LogP contribution in [0.4, 0.5) is 0 Å². The number of hydrogen-bond acceptors (Lipinski definition) is 0. The van der Waals surface area contributed by atoms with Crippen molar-refractivity contribution in [2.24, 2.45) is 0 Å². The van der Waals surface area contributed by atoms with Crippen molar-refractivity contribution >= 4 is 16.1 Å². The van der Waals surface area contributed by atoms with Gasteiger partial charge in [0.15, 0.2) is 0 Å². The standard InChI is InChI=1S/C29H46Si2/c1-22-17-26-19-27-18-23(2)25(14-10-12-16-31(6,7)8)21-29(27)28(26)20-24(22)13-9-11-15-30(3,4)5/h17-18,20-21H,9-16,19H2,1-8H3. The van der Waals surface area contributed by atoms with Crippen LogP contribution in [0.3, 0.4) is 0 Å². The summed E-state index contributed by atoms with van der Waals surface area (Å²) in [5.41, 5.74) is 12.3. The molecule has 0 fully saturated rings. The second-order valence-electron chi connectivity index (χ2n) is 12.6. The molecule has 1 aliphatic carbocycles. The van der Waals surface area contributed by atoms with E-state index >= 15 is 0 Å². The molecule has 0 amide bonds. The van der Waals surface area contributed by atoms with Crippen molar-refractivity contribution in [1.29, 1.82) is 0 Å². The monoisotopic (exact) mass is 450 g/mol. The molecule has 0 bridgehead atoms. The van der Waals surface area contributed by atoms with Crippen LogP contribution in [0.2, 0.25) is 51.4 Å². The minimum Gasteiger partial charge on any atom is -0.0695 e. The van der Waals surface area contributed by atoms with Gasteiger partial charge in [-0.2, -0.15) is 0 Å². The lowest BCUT2D eigenvalue weighted by atomic mass is 9.93. The molecular formula is C29H46Si2. The van der Waals surface area contributed by atoms with E-state index in [9.17, 15) is 0 Å². The van der Waals surface area contributed by atoms with Crippen LogP contribution in [0.1, 0.15) is 59.1 Å². The predicted octanol–water partition coefficient (Wildman–Crippen LogP) is 9.20. The molecule has 2 aromatic carbocycles. The Morgan fingerprint density at radius 3 is 1.32 bits per heavy atom. The quantitative estimate of drug-likeness (QED) is 0.213. The number of unbranched alkanes of at least 4 members (excludes halogenated alkanes) is 2. The van der Waals surface area contributed by atoms with E-state index in [1.165, 1.54) is 72.9 Å². The maximum atomic E-state index is 2.55. The first kappa shape index (κ1) is 24.5. The van der Waals surface area contributed by atoms with Crippen LogP contribution in [0.25, 0.3) is 11.1 Å². The van der Waals surface area contributed by atoms with Gasteiger partial charge in [0.25, 0.3) is 0 Å². The van der Waals surface area contributed by atoms with Gasteiger partial charge in [0.1, 0.15) is 0 Å². The molecule has 0 saturated carbocycles. The second kappa shape index (κ2) is 9.79. The fourth-order valence-electron chi connectivity index (χ4n) is 5.10. The molecule has 0 aromatic heterocycles. The number of fused-ring (bicyclic) bond motifs is 3. The van der Waals surface area contributed by atoms with Crippen LogP contribution in [0, 0.1) is 13.8 Å². The Hall–Kier alpha value is -1.13. The van der Waals surface area contributed by atoms with Gasteiger partial charge in [-0.05, 0) is 90.5 Å². The SMILES string of the molecule is Cc1cc2c(cc1CCCC[Si](C)(C)C)-c1cc(CCCC[Si](C)(C)C)c(C)cc1C2. The van der Waals surface area contributed by atoms with Crippen molar-refractivity contribution in [3.8, 4) is 11.1 Å². The summed E-state index contributed by atoms with van der Waals surface area (Å²) < 4.78 is 0. The highest BCUT2D eigenvalue weighted by Gasteiger charge is 2.21. The molecule has 0 saturated heterocycles. The van der Waals surface area contributed by atoms with Crippen molar-refractivity contribution in [2.75, 3.05) is 0 Å². The van der Waals surface area contributed by atoms with Crippen molar-refractivity contribution < 1.29 is 0 Å². The first-order chi connectivity index (χ1) is 14.4. The smallest absolute Gasteiger partial charge is 0.0442 e. The third-order valence-corrected chi connectivity index (χ3v) is 10.7. The first-order valence-electron chi connectivity index (χ1n) is 12.7. The van der Waals surface area contributed by atoms with Gasteiger partial charge < -0.3 is 0 Å². The number of hydrogen-bond donors (Lipinski definition) is 0. The van der Waals surface area contributed by atoms with E-state index in [-0.39, 0.29) is 0 Å². The van der Waals surface area contributed by atoms with E-state index in [2.05, 4.69) is 77.4 Å². The average Bonchev–Trinajstić information content (AvgIpc) is 2.96. The summed E-state index contributed by atoms with van der Waals surface area (Å²) >= 11 is 0. The molecular weight excluding hydrogens is 404 g/mol. The van der Waals surface area contributed by atoms with Crippen molar-refractivity contribution in [3.05, 3.63) is 57.6 Å². The molecule has 1 aliphatic rings. The second-order valence-corrected chi connectivity index (χ2v) is 23.8. The zero-order valence-corrected chi connectivity index (χ0v) is 23.7. The summed E-state index contributed by atoms with van der Waals surface area (Å²) in [5, 5.41) is 0. The van der Waals surface area contributed by atoms with Crippen molar-refractivity contribution in [2.45, 2.75) is 110 Å². The Bertz CT molecular complexity index is 834. The number of rotatable bonds is 10. The maximum Gasteiger partial charge on any atom is 0.0442 e. The summed E-state index contributed by atoms with van der Waals surface area (Å²) in [6.45, 7) is 19.6. The summed E-state index contributed by atoms with van der Waals surface area (Å²) in [4.78, 5) is 0. The van der Waals surface area contributed by atoms with Crippen LogP contribution >= 0.6 is 0 Å². The van der Waals surface area contributed by atoms with E-state index < -0.39 is 16.1 Å². The van der Waals surface area contributed by atoms with Gasteiger partial charge in [-0.3, -0.25) is 0 Å². The molecule has 0 nitrogen and oxygen atoms in total. The van der Waals surface area contributed by atoms with Crippen molar-refractivity contribution in [1.82, 2.24) is 0 Å². The highest BCUT2D eigenvalue weighted by molar-refractivity contribution is 6.76. The maximum absolute atomic E-state index is 2.55. The zero-order chi connectivity index (χ0) is 22.8. The molecule has 0 radical (unpaired) electrons. The fourth-order valence-corrected chi connectivity index (χ4v) is 7.73. The molecule has 31 heavy (non-hydrogen) atoms. The molecule has 0 unspecified atom stereocenters. The lowest BCUT2D eigenvalue weighted by Crippen LogP contribution is -2.18. The van der Waals surface area contributed by atoms with Gasteiger partial charge in [0, 0.05) is 16.1 Å². The summed E-state index contributed by atoms with van der Waals surface area (Å²) in [5.74, 6) is 0. The third-order valence-electron chi connectivity index (χ3n) is 7.04. The van der Waals surface area contributed by atoms with Gasteiger partial charge in [-0.15, -0.1) is 0 Å². The van der Waals surface area contributed by atoms with E-state index in [0.717, 1.165) is 6.42 Å². The molecule has 3 rings (SSSR count). The Labute approximate surface area is 194 Å². The Morgan fingerprint density at radius 2 is 0.968 bits per heavy atom. The van der Waals surface area contributed by atoms with Gasteiger partial charge in [-0.1, -0.05) is 88.5 Å². The molecule has 0 heterocycles. The lowest BCUT2D eigenvalue weighted by Gasteiger charge is -2.16. The zero-order valence-electron chi connectivity index (χ0n) is 21.7. The van der Waals surface area contributed by atoms with Crippen molar-refractivity contribution in [3.63, 3.8) is 0 Å². The number of benzene rings is 2. The van der Waals surface area contributed by atoms with E-state index in [1.807, 2.05) is 0 Å². The van der Waals surface area contributed by atoms with Crippen LogP contribution in [0.15, 0.2) is 24.3 Å². The summed E-state index contributed by atoms with van der Waals surface area (Å²) in [6, 6.07) is 13.0. The van der Waals surface area contributed by atoms with E-state index in [4.69, 9.17) is 0 Å². The minimum absolute atomic E-state index is 0.907. The van der Waals surface area contributed by atoms with Gasteiger partial charge in [0.05, 0.1) is 0 Å². The predicted molar refractivity (Wildman–Crippen MR) is 146 cm³/mol. The largest absolute Gasteiger partial charge is 0.0695 e. The molecule has 0 atom stereocenters. The molecule has 2 heteroatoms. The van der Waals surface area contributed by atoms with Crippen LogP contribution in [-0.4, -0.2) is 16.1 Å². The van der Waals surface area contributed by atoms with Gasteiger partial charge in [0.2, 0.25) is 0 Å². The molecule has 2 aromatic rings. The Balaban J connectivity index is 1.73. The van der Waals surface area contributed by atoms with Crippen LogP contribution in [-0.2, 0) is 19.3 Å². The van der Waals surface area contributed by atoms with E-state index in [1.54, 1.807) is 22.3 Å². The Kier molecular flexibility index (Phi) is 7.74. The fraction of sp³-hybridized carbons (Fsp3) is 0.586. The van der Waals surface area contributed by atoms with Gasteiger partial charge >= 0.3 is 0 Å². The highest BCUT2D eigenvalue weighted by atomic mass is 28.3. The van der Waals surface area contributed by atoms with E-state index in [0.29, 0.717) is 0 Å². The molecule has 170 valence electrons. The molecule has 0 aliphatic heterocycles. The normalized spacial score (nSPS) is 13.4. The van der Waals surface area contributed by atoms with Crippen LogP contribution < -0.4 is 0 Å². The lowest BCUT2D eigenvalue weighted by molar-refractivity contribution is 0.781. The molecule has 0 spiro atoms. The third kappa shape index (κ3) is 6.93. The topological polar surface area (TPSA) is 0 Å². The summed E-state index contributed by atoms with van der Waals surface area (Å²) in [6.07, 6.45) is 9.08. The summed E-state index contributed by atoms with van der Waals surface area (Å²) in [7, 11) is -1.81. The average molecular weight is 451 g/mol. The Morgan fingerprint density at radius 1 is 0.581 bits per heavy atom. The van der Waals surface area contributed by atoms with Gasteiger partial charge in [-0.25, -0.2) is 0 Å². The first-order valence-corrected chi connectivity index (χ1v) is 20.1. The minimum atomic E-state index is -0.907. The highest BCUT2D eigenvalue weighted by Crippen LogP contribution is 2.40. The molecule has 0 N–H and O–H groups in total. The van der Waals surface area contributed by atoms with Crippen LogP contribution in [0.5, 0.6) is 0 Å².